The molecule has 0 atom stereocenters. The second-order valence-corrected chi connectivity index (χ2v) is 7.62. The molecular formula is C23H27NO5. The van der Waals surface area contributed by atoms with Crippen LogP contribution < -0.4 is 4.74 Å². The number of carboxylic acids is 1. The lowest BCUT2D eigenvalue weighted by atomic mass is 9.71. The first kappa shape index (κ1) is 20.7. The van der Waals surface area contributed by atoms with Crippen LogP contribution in [0.1, 0.15) is 30.4 Å². The molecule has 154 valence electrons. The zero-order valence-corrected chi connectivity index (χ0v) is 16.7. The van der Waals surface area contributed by atoms with Gasteiger partial charge in [-0.25, -0.2) is 4.79 Å². The first-order valence-electron chi connectivity index (χ1n) is 9.80. The van der Waals surface area contributed by atoms with Crippen LogP contribution in [0.5, 0.6) is 5.75 Å². The molecular weight excluding hydrogens is 370 g/mol. The predicted octanol–water partition coefficient (Wildman–Crippen LogP) is 4.13. The van der Waals surface area contributed by atoms with E-state index >= 15 is 0 Å². The summed E-state index contributed by atoms with van der Waals surface area (Å²) in [6, 6.07) is 17.3. The molecule has 0 aliphatic carbocycles. The molecule has 1 fully saturated rings. The fraction of sp³-hybridized carbons (Fsp3) is 0.391. The van der Waals surface area contributed by atoms with E-state index in [9.17, 15) is 14.7 Å². The number of ether oxygens (including phenoxy) is 2. The number of piperidine rings is 1. The van der Waals surface area contributed by atoms with Gasteiger partial charge in [-0.1, -0.05) is 42.5 Å². The molecule has 0 aromatic heterocycles. The van der Waals surface area contributed by atoms with Gasteiger partial charge in [0.05, 0.1) is 13.5 Å². The van der Waals surface area contributed by atoms with Gasteiger partial charge in [0.1, 0.15) is 12.4 Å². The standard InChI is InChI=1S/C23H27NO5/c1-28-20-9-7-18(8-10-20)15-23(16-21(25)26)11-13-24(14-12-23)22(27)29-17-19-5-3-2-4-6-19/h2-10H,11-17H2,1H3,(H,25,26). The van der Waals surface area contributed by atoms with Gasteiger partial charge in [0.15, 0.2) is 0 Å². The van der Waals surface area contributed by atoms with Gasteiger partial charge in [0.25, 0.3) is 0 Å². The summed E-state index contributed by atoms with van der Waals surface area (Å²) in [7, 11) is 1.62. The van der Waals surface area contributed by atoms with Crippen LogP contribution in [0, 0.1) is 5.41 Å². The van der Waals surface area contributed by atoms with Gasteiger partial charge in [0.2, 0.25) is 0 Å². The summed E-state index contributed by atoms with van der Waals surface area (Å²) >= 11 is 0. The molecule has 0 radical (unpaired) electrons. The summed E-state index contributed by atoms with van der Waals surface area (Å²) in [6.45, 7) is 1.23. The Bertz CT molecular complexity index is 811. The second kappa shape index (κ2) is 9.45. The molecule has 0 unspecified atom stereocenters. The number of hydrogen-bond acceptors (Lipinski definition) is 4. The van der Waals surface area contributed by atoms with Crippen molar-refractivity contribution < 1.29 is 24.2 Å². The molecule has 6 nitrogen and oxygen atoms in total. The average molecular weight is 397 g/mol. The van der Waals surface area contributed by atoms with Crippen LogP contribution >= 0.6 is 0 Å². The van der Waals surface area contributed by atoms with Gasteiger partial charge in [-0.05, 0) is 47.9 Å². The van der Waals surface area contributed by atoms with Crippen molar-refractivity contribution in [1.82, 2.24) is 4.90 Å². The Hall–Kier alpha value is -3.02. The van der Waals surface area contributed by atoms with Gasteiger partial charge < -0.3 is 19.5 Å². The van der Waals surface area contributed by atoms with Crippen LogP contribution in [0.15, 0.2) is 54.6 Å². The Morgan fingerprint density at radius 2 is 1.66 bits per heavy atom. The maximum absolute atomic E-state index is 12.4. The number of amides is 1. The molecule has 1 heterocycles. The van der Waals surface area contributed by atoms with E-state index in [4.69, 9.17) is 9.47 Å². The van der Waals surface area contributed by atoms with E-state index in [1.807, 2.05) is 54.6 Å². The van der Waals surface area contributed by atoms with Crippen LogP contribution in [0.3, 0.4) is 0 Å². The van der Waals surface area contributed by atoms with Crippen molar-refractivity contribution in [3.8, 4) is 5.75 Å². The van der Waals surface area contributed by atoms with Crippen molar-refractivity contribution in [3.63, 3.8) is 0 Å². The minimum atomic E-state index is -0.807. The van der Waals surface area contributed by atoms with Gasteiger partial charge in [-0.15, -0.1) is 0 Å². The predicted molar refractivity (Wildman–Crippen MR) is 109 cm³/mol. The van der Waals surface area contributed by atoms with Crippen molar-refractivity contribution in [2.45, 2.75) is 32.3 Å². The lowest BCUT2D eigenvalue weighted by Crippen LogP contribution is -2.45. The minimum absolute atomic E-state index is 0.0892. The SMILES string of the molecule is COc1ccc(CC2(CC(=O)O)CCN(C(=O)OCc3ccccc3)CC2)cc1. The third-order valence-corrected chi connectivity index (χ3v) is 5.55. The van der Waals surface area contributed by atoms with Crippen molar-refractivity contribution >= 4 is 12.1 Å². The minimum Gasteiger partial charge on any atom is -0.497 e. The molecule has 1 aliphatic heterocycles. The van der Waals surface area contributed by atoms with E-state index in [2.05, 4.69) is 0 Å². The number of carboxylic acid groups (broad SMARTS) is 1. The summed E-state index contributed by atoms with van der Waals surface area (Å²) in [5.74, 6) is -0.0318. The molecule has 2 aromatic carbocycles. The van der Waals surface area contributed by atoms with E-state index in [-0.39, 0.29) is 24.5 Å². The Kier molecular flexibility index (Phi) is 6.75. The number of hydrogen-bond donors (Lipinski definition) is 1. The molecule has 1 N–H and O–H groups in total. The second-order valence-electron chi connectivity index (χ2n) is 7.62. The fourth-order valence-electron chi connectivity index (χ4n) is 3.89. The number of carbonyl (C=O) groups is 2. The summed E-state index contributed by atoms with van der Waals surface area (Å²) in [5, 5.41) is 9.45. The third-order valence-electron chi connectivity index (χ3n) is 5.55. The first-order valence-corrected chi connectivity index (χ1v) is 9.80. The normalized spacial score (nSPS) is 15.6. The molecule has 3 rings (SSSR count). The molecule has 1 aliphatic rings. The first-order chi connectivity index (χ1) is 14.0. The van der Waals surface area contributed by atoms with Crippen molar-refractivity contribution in [2.75, 3.05) is 20.2 Å². The number of methoxy groups -OCH3 is 1. The highest BCUT2D eigenvalue weighted by atomic mass is 16.6. The zero-order valence-electron chi connectivity index (χ0n) is 16.7. The highest BCUT2D eigenvalue weighted by Gasteiger charge is 2.38. The van der Waals surface area contributed by atoms with Gasteiger partial charge in [-0.3, -0.25) is 4.79 Å². The van der Waals surface area contributed by atoms with Crippen molar-refractivity contribution in [3.05, 3.63) is 65.7 Å². The largest absolute Gasteiger partial charge is 0.497 e. The molecule has 6 heteroatoms. The van der Waals surface area contributed by atoms with E-state index in [1.165, 1.54) is 0 Å². The summed E-state index contributed by atoms with van der Waals surface area (Å²) in [5.41, 5.74) is 1.65. The maximum atomic E-state index is 12.4. The molecule has 1 saturated heterocycles. The van der Waals surface area contributed by atoms with Crippen LogP contribution in [-0.2, 0) is 22.6 Å². The average Bonchev–Trinajstić information content (AvgIpc) is 2.73. The molecule has 0 saturated carbocycles. The molecule has 0 spiro atoms. The Labute approximate surface area is 171 Å². The lowest BCUT2D eigenvalue weighted by molar-refractivity contribution is -0.140. The quantitative estimate of drug-likeness (QED) is 0.760. The number of benzene rings is 2. The van der Waals surface area contributed by atoms with E-state index in [0.717, 1.165) is 16.9 Å². The van der Waals surface area contributed by atoms with Crippen molar-refractivity contribution in [1.29, 1.82) is 0 Å². The highest BCUT2D eigenvalue weighted by Crippen LogP contribution is 2.39. The number of carbonyl (C=O) groups excluding carboxylic acids is 1. The monoisotopic (exact) mass is 397 g/mol. The van der Waals surface area contributed by atoms with E-state index < -0.39 is 5.97 Å². The van der Waals surface area contributed by atoms with E-state index in [1.54, 1.807) is 12.0 Å². The number of likely N-dealkylation sites (tertiary alicyclic amines) is 1. The smallest absolute Gasteiger partial charge is 0.410 e. The Morgan fingerprint density at radius 3 is 2.24 bits per heavy atom. The highest BCUT2D eigenvalue weighted by molar-refractivity contribution is 5.69. The topological polar surface area (TPSA) is 76.1 Å². The fourth-order valence-corrected chi connectivity index (χ4v) is 3.89. The molecule has 2 aromatic rings. The maximum Gasteiger partial charge on any atom is 0.410 e. The zero-order chi connectivity index (χ0) is 20.7. The van der Waals surface area contributed by atoms with E-state index in [0.29, 0.717) is 32.4 Å². The lowest BCUT2D eigenvalue weighted by Gasteiger charge is -2.40. The van der Waals surface area contributed by atoms with Crippen molar-refractivity contribution in [2.24, 2.45) is 5.41 Å². The molecule has 29 heavy (non-hydrogen) atoms. The summed E-state index contributed by atoms with van der Waals surface area (Å²) < 4.78 is 10.6. The van der Waals surface area contributed by atoms with Crippen LogP contribution in [0.2, 0.25) is 0 Å². The van der Waals surface area contributed by atoms with Gasteiger partial charge in [0, 0.05) is 13.1 Å². The summed E-state index contributed by atoms with van der Waals surface area (Å²) in [4.78, 5) is 25.6. The Balaban J connectivity index is 1.59. The van der Waals surface area contributed by atoms with Crippen LogP contribution in [-0.4, -0.2) is 42.3 Å². The Morgan fingerprint density at radius 1 is 1.00 bits per heavy atom. The molecule has 1 amide bonds. The van der Waals surface area contributed by atoms with Crippen LogP contribution in [0.4, 0.5) is 4.79 Å². The third kappa shape index (κ3) is 5.73. The molecule has 0 bridgehead atoms. The van der Waals surface area contributed by atoms with Crippen LogP contribution in [0.25, 0.3) is 0 Å². The number of nitrogens with zero attached hydrogens (tertiary/aromatic N) is 1. The van der Waals surface area contributed by atoms with Gasteiger partial charge >= 0.3 is 12.1 Å². The van der Waals surface area contributed by atoms with Gasteiger partial charge in [-0.2, -0.15) is 0 Å². The summed E-state index contributed by atoms with van der Waals surface area (Å²) in [6.07, 6.45) is 1.67. The number of aliphatic carboxylic acids is 1. The number of rotatable bonds is 7.